The molecule has 0 radical (unpaired) electrons. The summed E-state index contributed by atoms with van der Waals surface area (Å²) in [4.78, 5) is 9.81. The fraction of sp³-hybridized carbons (Fsp3) is 0.917. The first-order valence-corrected chi connectivity index (χ1v) is 13.0. The van der Waals surface area contributed by atoms with Crippen molar-refractivity contribution in [2.24, 2.45) is 16.8 Å². The Bertz CT molecular complexity index is 565. The predicted octanol–water partition coefficient (Wildman–Crippen LogP) is 4.98. The van der Waals surface area contributed by atoms with Crippen molar-refractivity contribution in [2.45, 2.75) is 102 Å². The molecule has 3 fully saturated rings. The second kappa shape index (κ2) is 10.5. The molecule has 0 bridgehead atoms. The van der Waals surface area contributed by atoms with Crippen LogP contribution in [0, 0.1) is 11.8 Å². The molecule has 1 N–H and O–H groups in total. The summed E-state index contributed by atoms with van der Waals surface area (Å²) in [6, 6.07) is 1.17. The summed E-state index contributed by atoms with van der Waals surface area (Å²) in [6.07, 6.45) is 17.8. The number of nitrogens with zero attached hydrogens (tertiary/aromatic N) is 3. The third-order valence-corrected chi connectivity index (χ3v) is 8.34. The molecule has 0 aromatic rings. The molecule has 0 aromatic heterocycles. The Morgan fingerprint density at radius 1 is 0.966 bits per heavy atom. The average Bonchev–Trinajstić information content (AvgIpc) is 3.47. The Morgan fingerprint density at radius 2 is 1.72 bits per heavy atom. The Labute approximate surface area is 183 Å². The van der Waals surface area contributed by atoms with Crippen molar-refractivity contribution < 1.29 is 0 Å². The van der Waals surface area contributed by atoms with Crippen LogP contribution in [0.15, 0.2) is 4.99 Å². The smallest absolute Gasteiger partial charge is 0.171 e. The van der Waals surface area contributed by atoms with Crippen LogP contribution in [0.3, 0.4) is 0 Å². The topological polar surface area (TPSA) is 30.9 Å². The number of rotatable bonds is 9. The molecular formula is C24H42N4S. The van der Waals surface area contributed by atoms with E-state index in [1.165, 1.54) is 95.9 Å². The number of hydrogen-bond acceptors (Lipinski definition) is 3. The molecule has 0 spiro atoms. The molecule has 2 atom stereocenters. The molecule has 2 aliphatic heterocycles. The number of amidine groups is 1. The summed E-state index contributed by atoms with van der Waals surface area (Å²) in [6.45, 7) is 6.79. The molecule has 4 rings (SSSR count). The zero-order valence-electron chi connectivity index (χ0n) is 18.6. The molecule has 0 amide bonds. The summed E-state index contributed by atoms with van der Waals surface area (Å²) < 4.78 is 0. The average molecular weight is 419 g/mol. The summed E-state index contributed by atoms with van der Waals surface area (Å²) >= 11 is 5.86. The van der Waals surface area contributed by atoms with Gasteiger partial charge in [0.15, 0.2) is 5.11 Å². The molecule has 1 saturated heterocycles. The molecular weight excluding hydrogens is 376 g/mol. The highest BCUT2D eigenvalue weighted by molar-refractivity contribution is 7.80. The molecule has 4 nitrogen and oxygen atoms in total. The lowest BCUT2D eigenvalue weighted by atomic mass is 9.87. The van der Waals surface area contributed by atoms with Gasteiger partial charge < -0.3 is 15.1 Å². The van der Waals surface area contributed by atoms with Gasteiger partial charge in [-0.2, -0.15) is 0 Å². The van der Waals surface area contributed by atoms with Crippen LogP contribution in [0.4, 0.5) is 0 Å². The Balaban J connectivity index is 1.11. The molecule has 29 heavy (non-hydrogen) atoms. The van der Waals surface area contributed by atoms with Crippen LogP contribution in [0.2, 0.25) is 0 Å². The third kappa shape index (κ3) is 5.65. The molecule has 0 unspecified atom stereocenters. The minimum absolute atomic E-state index is 0.585. The van der Waals surface area contributed by atoms with Crippen LogP contribution >= 0.6 is 12.2 Å². The van der Waals surface area contributed by atoms with Crippen molar-refractivity contribution in [3.05, 3.63) is 0 Å². The highest BCUT2D eigenvalue weighted by Gasteiger charge is 2.31. The van der Waals surface area contributed by atoms with E-state index in [4.69, 9.17) is 17.2 Å². The van der Waals surface area contributed by atoms with Gasteiger partial charge >= 0.3 is 0 Å². The van der Waals surface area contributed by atoms with E-state index in [1.54, 1.807) is 0 Å². The quantitative estimate of drug-likeness (QED) is 0.423. The van der Waals surface area contributed by atoms with Gasteiger partial charge in [0, 0.05) is 37.6 Å². The van der Waals surface area contributed by atoms with Gasteiger partial charge in [0.25, 0.3) is 0 Å². The van der Waals surface area contributed by atoms with Crippen molar-refractivity contribution in [3.63, 3.8) is 0 Å². The summed E-state index contributed by atoms with van der Waals surface area (Å²) in [5.41, 5.74) is 0. The lowest BCUT2D eigenvalue weighted by Crippen LogP contribution is -2.36. The largest absolute Gasteiger partial charge is 0.369 e. The number of thiocarbonyl (C=S) groups is 1. The molecule has 2 aliphatic carbocycles. The summed E-state index contributed by atoms with van der Waals surface area (Å²) in [5.74, 6) is 3.02. The molecule has 5 heteroatoms. The van der Waals surface area contributed by atoms with Gasteiger partial charge in [-0.05, 0) is 63.6 Å². The van der Waals surface area contributed by atoms with E-state index in [-0.39, 0.29) is 0 Å². The van der Waals surface area contributed by atoms with Crippen LogP contribution in [-0.4, -0.2) is 59.0 Å². The predicted molar refractivity (Wildman–Crippen MR) is 127 cm³/mol. The molecule has 2 saturated carbocycles. The van der Waals surface area contributed by atoms with Crippen molar-refractivity contribution in [1.29, 1.82) is 0 Å². The van der Waals surface area contributed by atoms with Crippen LogP contribution in [0.5, 0.6) is 0 Å². The monoisotopic (exact) mass is 418 g/mol. The number of hydrogen-bond donors (Lipinski definition) is 1. The van der Waals surface area contributed by atoms with E-state index < -0.39 is 0 Å². The van der Waals surface area contributed by atoms with E-state index in [2.05, 4.69) is 22.0 Å². The second-order valence-corrected chi connectivity index (χ2v) is 10.5. The van der Waals surface area contributed by atoms with Crippen LogP contribution < -0.4 is 5.32 Å². The first kappa shape index (κ1) is 21.4. The van der Waals surface area contributed by atoms with Crippen LogP contribution in [0.25, 0.3) is 0 Å². The first-order chi connectivity index (χ1) is 14.2. The van der Waals surface area contributed by atoms with Crippen LogP contribution in [-0.2, 0) is 0 Å². The highest BCUT2D eigenvalue weighted by atomic mass is 32.1. The maximum Gasteiger partial charge on any atom is 0.171 e. The van der Waals surface area contributed by atoms with Gasteiger partial charge in [0.1, 0.15) is 0 Å². The number of aliphatic imine (C=N–C) groups is 1. The van der Waals surface area contributed by atoms with Gasteiger partial charge in [-0.25, -0.2) is 0 Å². The zero-order chi connectivity index (χ0) is 20.1. The van der Waals surface area contributed by atoms with Gasteiger partial charge in [-0.15, -0.1) is 0 Å². The molecule has 0 aromatic carbocycles. The van der Waals surface area contributed by atoms with E-state index in [9.17, 15) is 0 Å². The van der Waals surface area contributed by atoms with Crippen molar-refractivity contribution >= 4 is 23.2 Å². The highest BCUT2D eigenvalue weighted by Crippen LogP contribution is 2.28. The number of unbranched alkanes of at least 4 members (excludes halogenated alkanes) is 1. The second-order valence-electron chi connectivity index (χ2n) is 10.1. The molecule has 2 heterocycles. The standard InChI is InChI=1S/C24H42N4S/c1-19-18-27(24(29)28(19)16-14-20-9-3-2-4-10-20)15-8-7-13-22-17-25-23(26-22)21-11-5-6-12-21/h19-22H,2-18H2,1H3,(H,25,26)/t19-,22+/m1/s1. The normalized spacial score (nSPS) is 29.0. The van der Waals surface area contributed by atoms with E-state index in [0.717, 1.165) is 36.6 Å². The minimum atomic E-state index is 0.585. The van der Waals surface area contributed by atoms with Gasteiger partial charge in [-0.1, -0.05) is 44.9 Å². The van der Waals surface area contributed by atoms with Crippen LogP contribution in [0.1, 0.15) is 90.4 Å². The Hall–Kier alpha value is -0.840. The Kier molecular flexibility index (Phi) is 7.71. The summed E-state index contributed by atoms with van der Waals surface area (Å²) in [5, 5.41) is 4.86. The molecule has 4 aliphatic rings. The lowest BCUT2D eigenvalue weighted by molar-refractivity contribution is 0.284. The first-order valence-electron chi connectivity index (χ1n) is 12.6. The minimum Gasteiger partial charge on any atom is -0.369 e. The van der Waals surface area contributed by atoms with E-state index >= 15 is 0 Å². The zero-order valence-corrected chi connectivity index (χ0v) is 19.4. The fourth-order valence-corrected chi connectivity index (χ4v) is 6.42. The summed E-state index contributed by atoms with van der Waals surface area (Å²) in [7, 11) is 0. The van der Waals surface area contributed by atoms with Crippen molar-refractivity contribution in [2.75, 3.05) is 26.2 Å². The SMILES string of the molecule is C[C@@H]1CN(CCCC[C@H]2CN=C(C3CCCC3)N2)C(=S)N1CCC1CCCCC1. The van der Waals surface area contributed by atoms with Gasteiger partial charge in [0.05, 0.1) is 12.4 Å². The van der Waals surface area contributed by atoms with Gasteiger partial charge in [-0.3, -0.25) is 4.99 Å². The maximum absolute atomic E-state index is 5.86. The van der Waals surface area contributed by atoms with Gasteiger partial charge in [0.2, 0.25) is 0 Å². The van der Waals surface area contributed by atoms with Crippen molar-refractivity contribution in [1.82, 2.24) is 15.1 Å². The van der Waals surface area contributed by atoms with E-state index in [0.29, 0.717) is 12.1 Å². The van der Waals surface area contributed by atoms with E-state index in [1.807, 2.05) is 0 Å². The molecule has 164 valence electrons. The maximum atomic E-state index is 5.86. The number of nitrogens with one attached hydrogen (secondary N) is 1. The van der Waals surface area contributed by atoms with Crippen molar-refractivity contribution in [3.8, 4) is 0 Å². The lowest BCUT2D eigenvalue weighted by Gasteiger charge is -2.28. The Morgan fingerprint density at radius 3 is 2.52 bits per heavy atom. The fourth-order valence-electron chi connectivity index (χ4n) is 5.98. The third-order valence-electron chi connectivity index (χ3n) is 7.84.